The van der Waals surface area contributed by atoms with Crippen LogP contribution in [0.2, 0.25) is 0 Å². The van der Waals surface area contributed by atoms with Crippen LogP contribution in [-0.4, -0.2) is 142 Å². The highest BCUT2D eigenvalue weighted by Crippen LogP contribution is 2.26. The van der Waals surface area contributed by atoms with Gasteiger partial charge in [0.2, 0.25) is 0 Å². The van der Waals surface area contributed by atoms with Gasteiger partial charge in [-0.1, -0.05) is 172 Å². The van der Waals surface area contributed by atoms with E-state index in [0.717, 1.165) is 51.4 Å². The molecule has 15 nitrogen and oxygen atoms in total. The number of carbonyl (C=O) groups is 2. The van der Waals surface area contributed by atoms with E-state index in [1.807, 2.05) is 6.08 Å². The average molecular weight is 999 g/mol. The maximum absolute atomic E-state index is 13.0. The van der Waals surface area contributed by atoms with E-state index in [1.165, 1.54) is 116 Å². The first-order valence-corrected chi connectivity index (χ1v) is 27.6. The number of carbonyl (C=O) groups excluding carboxylic acids is 2. The lowest BCUT2D eigenvalue weighted by atomic mass is 9.98. The number of hydrogen-bond acceptors (Lipinski definition) is 15. The highest BCUT2D eigenvalue weighted by Gasteiger charge is 2.47. The zero-order valence-electron chi connectivity index (χ0n) is 43.3. The molecule has 2 aliphatic heterocycles. The normalized spacial score (nSPS) is 25.6. The van der Waals surface area contributed by atoms with Gasteiger partial charge in [-0.25, -0.2) is 0 Å². The Labute approximate surface area is 421 Å². The van der Waals surface area contributed by atoms with Crippen molar-refractivity contribution in [3.63, 3.8) is 0 Å². The molecule has 0 radical (unpaired) electrons. The number of allylic oxidation sites excluding steroid dienone is 6. The number of ether oxygens (including phenoxy) is 6. The Balaban J connectivity index is 1.79. The van der Waals surface area contributed by atoms with Crippen molar-refractivity contribution in [3.8, 4) is 0 Å². The maximum atomic E-state index is 13.0. The van der Waals surface area contributed by atoms with Crippen LogP contribution in [0.15, 0.2) is 36.5 Å². The summed E-state index contributed by atoms with van der Waals surface area (Å²) in [5.74, 6) is -0.981. The number of rotatable bonds is 43. The molecular weight excluding hydrogens is 901 g/mol. The van der Waals surface area contributed by atoms with Crippen LogP contribution in [0, 0.1) is 0 Å². The monoisotopic (exact) mass is 999 g/mol. The molecule has 0 saturated carbocycles. The van der Waals surface area contributed by atoms with Gasteiger partial charge in [0.15, 0.2) is 18.7 Å². The molecule has 4 unspecified atom stereocenters. The third-order valence-corrected chi connectivity index (χ3v) is 13.1. The van der Waals surface area contributed by atoms with Crippen LogP contribution in [0.1, 0.15) is 206 Å². The molecule has 0 aliphatic carbocycles. The van der Waals surface area contributed by atoms with Crippen molar-refractivity contribution in [3.05, 3.63) is 36.5 Å². The van der Waals surface area contributed by atoms with Gasteiger partial charge in [-0.2, -0.15) is 0 Å². The second-order valence-corrected chi connectivity index (χ2v) is 19.4. The number of esters is 2. The van der Waals surface area contributed by atoms with Crippen molar-refractivity contribution < 1.29 is 73.8 Å². The second-order valence-electron chi connectivity index (χ2n) is 19.4. The Morgan fingerprint density at radius 3 is 1.43 bits per heavy atom. The van der Waals surface area contributed by atoms with Crippen molar-refractivity contribution >= 4 is 11.9 Å². The van der Waals surface area contributed by atoms with Crippen LogP contribution in [0.4, 0.5) is 0 Å². The molecule has 2 aliphatic rings. The third kappa shape index (κ3) is 29.4. The maximum Gasteiger partial charge on any atom is 0.306 e. The molecule has 2 fully saturated rings. The molecule has 0 amide bonds. The Bertz CT molecular complexity index is 1360. The molecular formula is C55H98O15. The summed E-state index contributed by atoms with van der Waals surface area (Å²) in [5, 5.41) is 72.2. The van der Waals surface area contributed by atoms with Gasteiger partial charge in [0, 0.05) is 12.8 Å². The first kappa shape index (κ1) is 63.8. The fourth-order valence-corrected chi connectivity index (χ4v) is 8.56. The zero-order valence-corrected chi connectivity index (χ0v) is 43.3. The molecule has 2 heterocycles. The fraction of sp³-hybridized carbons (Fsp3) is 0.855. The van der Waals surface area contributed by atoms with E-state index in [-0.39, 0.29) is 19.4 Å². The van der Waals surface area contributed by atoms with Crippen molar-refractivity contribution in [2.24, 2.45) is 0 Å². The van der Waals surface area contributed by atoms with Crippen LogP contribution in [0.25, 0.3) is 0 Å². The van der Waals surface area contributed by atoms with Crippen molar-refractivity contribution in [1.82, 2.24) is 0 Å². The molecule has 0 aromatic heterocycles. The Hall–Kier alpha value is -2.28. The molecule has 11 atom stereocenters. The lowest BCUT2D eigenvalue weighted by Crippen LogP contribution is -2.61. The molecule has 7 N–H and O–H groups in total. The van der Waals surface area contributed by atoms with Gasteiger partial charge in [-0.15, -0.1) is 0 Å². The summed E-state index contributed by atoms with van der Waals surface area (Å²) < 4.78 is 33.6. The minimum Gasteiger partial charge on any atom is -0.462 e. The smallest absolute Gasteiger partial charge is 0.306 e. The third-order valence-electron chi connectivity index (χ3n) is 13.1. The Morgan fingerprint density at radius 2 is 0.886 bits per heavy atom. The first-order valence-electron chi connectivity index (χ1n) is 27.6. The number of hydrogen-bond donors (Lipinski definition) is 7. The molecule has 2 rings (SSSR count). The largest absolute Gasteiger partial charge is 0.462 e. The van der Waals surface area contributed by atoms with Crippen LogP contribution in [0.5, 0.6) is 0 Å². The molecule has 70 heavy (non-hydrogen) atoms. The van der Waals surface area contributed by atoms with Crippen molar-refractivity contribution in [2.45, 2.75) is 274 Å². The SMILES string of the molecule is CCCCC/C=C/C/C=C/CCCCCCCCCCCC(=O)O[C@H](COC(=O)CC/C=C/CCCCCCCCCCCCC)CO[C@H]1O[C@@H](CO[C@H]2O[C@@H](CO)[C@@H](O)C(O)C2O)[C@@H](O)C(O)C1O. The van der Waals surface area contributed by atoms with Crippen molar-refractivity contribution in [2.75, 3.05) is 26.4 Å². The quantitative estimate of drug-likeness (QED) is 0.0173. The summed E-state index contributed by atoms with van der Waals surface area (Å²) in [6.07, 6.45) is 28.9. The topological polar surface area (TPSA) is 231 Å². The molecule has 0 spiro atoms. The fourth-order valence-electron chi connectivity index (χ4n) is 8.56. The van der Waals surface area contributed by atoms with Gasteiger partial charge in [0.1, 0.15) is 55.4 Å². The van der Waals surface area contributed by atoms with Crippen LogP contribution < -0.4 is 0 Å². The first-order chi connectivity index (χ1) is 34.0. The highest BCUT2D eigenvalue weighted by molar-refractivity contribution is 5.70. The summed E-state index contributed by atoms with van der Waals surface area (Å²) in [5.41, 5.74) is 0. The summed E-state index contributed by atoms with van der Waals surface area (Å²) >= 11 is 0. The standard InChI is InChI=1S/C55H98O15/c1-3-5-7-9-11-13-15-17-19-20-21-22-24-26-28-30-32-34-36-38-47(58)68-43(40-65-46(57)37-35-33-31-29-27-25-23-18-16-14-12-10-8-6-4-2)41-66-54-53(64)51(62)49(60)45(70-54)42-67-55-52(63)50(61)48(59)44(39-56)69-55/h11,13,17,19,31,33,43-45,48-56,59-64H,3-10,12,14-16,18,20-30,32,34-42H2,1-2H3/b13-11+,19-17+,33-31+/t43-,44+,45+,48-,49-,50?,51?,52?,53?,54+,55+/m1/s1. The van der Waals surface area contributed by atoms with Crippen LogP contribution in [0.3, 0.4) is 0 Å². The van der Waals surface area contributed by atoms with E-state index in [9.17, 15) is 45.3 Å². The minimum atomic E-state index is -1.77. The molecule has 0 aromatic carbocycles. The van der Waals surface area contributed by atoms with Crippen LogP contribution in [-0.2, 0) is 38.0 Å². The average Bonchev–Trinajstić information content (AvgIpc) is 3.35. The molecule has 15 heteroatoms. The van der Waals surface area contributed by atoms with E-state index < -0.39 is 99.3 Å². The van der Waals surface area contributed by atoms with Gasteiger partial charge in [0.25, 0.3) is 0 Å². The van der Waals surface area contributed by atoms with E-state index in [2.05, 4.69) is 44.2 Å². The van der Waals surface area contributed by atoms with Gasteiger partial charge in [-0.3, -0.25) is 9.59 Å². The predicted octanol–water partition coefficient (Wildman–Crippen LogP) is 8.49. The molecule has 0 aromatic rings. The predicted molar refractivity (Wildman–Crippen MR) is 270 cm³/mol. The van der Waals surface area contributed by atoms with Crippen molar-refractivity contribution in [1.29, 1.82) is 0 Å². The zero-order chi connectivity index (χ0) is 51.0. The summed E-state index contributed by atoms with van der Waals surface area (Å²) in [4.78, 5) is 25.8. The van der Waals surface area contributed by atoms with Gasteiger partial charge in [-0.05, 0) is 57.8 Å². The Kier molecular flexibility index (Phi) is 38.4. The van der Waals surface area contributed by atoms with Gasteiger partial charge >= 0.3 is 11.9 Å². The lowest BCUT2D eigenvalue weighted by Gasteiger charge is -2.42. The number of aliphatic hydroxyl groups is 7. The van der Waals surface area contributed by atoms with E-state index in [4.69, 9.17) is 28.4 Å². The summed E-state index contributed by atoms with van der Waals surface area (Å²) in [6.45, 7) is 2.54. The summed E-state index contributed by atoms with van der Waals surface area (Å²) in [7, 11) is 0. The van der Waals surface area contributed by atoms with E-state index >= 15 is 0 Å². The van der Waals surface area contributed by atoms with Crippen LogP contribution >= 0.6 is 0 Å². The van der Waals surface area contributed by atoms with E-state index in [1.54, 1.807) is 0 Å². The summed E-state index contributed by atoms with van der Waals surface area (Å²) in [6, 6.07) is 0. The lowest BCUT2D eigenvalue weighted by molar-refractivity contribution is -0.332. The Morgan fingerprint density at radius 1 is 0.457 bits per heavy atom. The van der Waals surface area contributed by atoms with Gasteiger partial charge < -0.3 is 64.2 Å². The van der Waals surface area contributed by atoms with Gasteiger partial charge in [0.05, 0.1) is 19.8 Å². The number of unbranched alkanes of at least 4 members (excludes halogenated alkanes) is 23. The highest BCUT2D eigenvalue weighted by atomic mass is 16.7. The number of aliphatic hydroxyl groups excluding tert-OH is 7. The molecule has 0 bridgehead atoms. The second kappa shape index (κ2) is 42.1. The van der Waals surface area contributed by atoms with E-state index in [0.29, 0.717) is 12.8 Å². The molecule has 408 valence electrons. The minimum absolute atomic E-state index is 0.135. The molecule has 2 saturated heterocycles.